The van der Waals surface area contributed by atoms with Crippen molar-refractivity contribution in [2.45, 2.75) is 26.7 Å². The quantitative estimate of drug-likeness (QED) is 0.712. The molecule has 118 valence electrons. The molecule has 0 aliphatic heterocycles. The van der Waals surface area contributed by atoms with Crippen LogP contribution in [0.3, 0.4) is 0 Å². The first-order valence-corrected chi connectivity index (χ1v) is 8.23. The average Bonchev–Trinajstić information content (AvgIpc) is 2.50. The second-order valence-corrected chi connectivity index (χ2v) is 6.02. The van der Waals surface area contributed by atoms with Gasteiger partial charge in [0.1, 0.15) is 17.2 Å². The molecule has 0 saturated carbocycles. The minimum Gasteiger partial charge on any atom is -0.508 e. The molecule has 0 aliphatic rings. The number of hydrogen-bond donors (Lipinski definition) is 1. The van der Waals surface area contributed by atoms with Gasteiger partial charge in [0.2, 0.25) is 0 Å². The van der Waals surface area contributed by atoms with Gasteiger partial charge in [-0.2, -0.15) is 0 Å². The molecule has 0 heterocycles. The van der Waals surface area contributed by atoms with Crippen LogP contribution >= 0.6 is 15.9 Å². The molecule has 3 nitrogen and oxygen atoms in total. The van der Waals surface area contributed by atoms with E-state index in [2.05, 4.69) is 22.9 Å². The van der Waals surface area contributed by atoms with Crippen molar-refractivity contribution in [3.8, 4) is 17.2 Å². The summed E-state index contributed by atoms with van der Waals surface area (Å²) in [4.78, 5) is 0. The number of aryl methyl sites for hydroxylation is 2. The monoisotopic (exact) mass is 364 g/mol. The molecule has 4 heteroatoms. The maximum atomic E-state index is 9.63. The van der Waals surface area contributed by atoms with Crippen LogP contribution in [0.15, 0.2) is 40.9 Å². The van der Waals surface area contributed by atoms with Crippen molar-refractivity contribution in [1.29, 1.82) is 0 Å². The Hall–Kier alpha value is -1.68. The highest BCUT2D eigenvalue weighted by Crippen LogP contribution is 2.29. The lowest BCUT2D eigenvalue weighted by Crippen LogP contribution is -2.07. The number of benzene rings is 2. The summed E-state index contributed by atoms with van der Waals surface area (Å²) >= 11 is 3.40. The molecule has 0 saturated heterocycles. The van der Waals surface area contributed by atoms with Gasteiger partial charge in [-0.05, 0) is 60.9 Å². The van der Waals surface area contributed by atoms with Gasteiger partial charge in [-0.1, -0.05) is 22.9 Å². The van der Waals surface area contributed by atoms with Crippen LogP contribution in [0, 0.1) is 6.92 Å². The van der Waals surface area contributed by atoms with E-state index in [-0.39, 0.29) is 0 Å². The SMILES string of the molecule is CCc1cc(O)cc(C)c1OCCCOc1ccc(Br)cc1. The summed E-state index contributed by atoms with van der Waals surface area (Å²) in [5.74, 6) is 2.03. The van der Waals surface area contributed by atoms with Crippen molar-refractivity contribution in [3.63, 3.8) is 0 Å². The predicted octanol–water partition coefficient (Wildman–Crippen LogP) is 4.87. The number of aromatic hydroxyl groups is 1. The van der Waals surface area contributed by atoms with E-state index in [1.165, 1.54) is 0 Å². The molecule has 0 amide bonds. The molecule has 1 N–H and O–H groups in total. The zero-order valence-corrected chi connectivity index (χ0v) is 14.5. The summed E-state index contributed by atoms with van der Waals surface area (Å²) in [6, 6.07) is 11.3. The molecule has 2 aromatic carbocycles. The van der Waals surface area contributed by atoms with Crippen molar-refractivity contribution in [2.24, 2.45) is 0 Å². The highest BCUT2D eigenvalue weighted by Gasteiger charge is 2.08. The minimum absolute atomic E-state index is 0.292. The highest BCUT2D eigenvalue weighted by molar-refractivity contribution is 9.10. The maximum absolute atomic E-state index is 9.63. The molecule has 0 aliphatic carbocycles. The lowest BCUT2D eigenvalue weighted by Gasteiger charge is -2.14. The standard InChI is InChI=1S/C18H21BrO3/c1-3-14-12-16(20)11-13(2)18(14)22-10-4-9-21-17-7-5-15(19)6-8-17/h5-8,11-12,20H,3-4,9-10H2,1-2H3. The van der Waals surface area contributed by atoms with Gasteiger partial charge in [0.25, 0.3) is 0 Å². The molecule has 0 aromatic heterocycles. The predicted molar refractivity (Wildman–Crippen MR) is 92.0 cm³/mol. The smallest absolute Gasteiger partial charge is 0.125 e. The topological polar surface area (TPSA) is 38.7 Å². The van der Waals surface area contributed by atoms with Crippen LogP contribution in [0.4, 0.5) is 0 Å². The fourth-order valence-corrected chi connectivity index (χ4v) is 2.51. The second kappa shape index (κ2) is 8.08. The van der Waals surface area contributed by atoms with E-state index in [0.29, 0.717) is 19.0 Å². The Morgan fingerprint density at radius 2 is 1.73 bits per heavy atom. The van der Waals surface area contributed by atoms with E-state index in [0.717, 1.165) is 39.9 Å². The molecule has 0 spiro atoms. The van der Waals surface area contributed by atoms with Crippen molar-refractivity contribution >= 4 is 15.9 Å². The molecule has 2 rings (SSSR count). The lowest BCUT2D eigenvalue weighted by atomic mass is 10.1. The molecule has 0 atom stereocenters. The van der Waals surface area contributed by atoms with Crippen molar-refractivity contribution in [1.82, 2.24) is 0 Å². The number of phenols is 1. The van der Waals surface area contributed by atoms with Crippen LogP contribution < -0.4 is 9.47 Å². The first-order valence-electron chi connectivity index (χ1n) is 7.43. The second-order valence-electron chi connectivity index (χ2n) is 5.11. The molecule has 0 radical (unpaired) electrons. The van der Waals surface area contributed by atoms with Crippen LogP contribution in [-0.4, -0.2) is 18.3 Å². The van der Waals surface area contributed by atoms with Gasteiger partial charge in [-0.3, -0.25) is 0 Å². The fraction of sp³-hybridized carbons (Fsp3) is 0.333. The first-order chi connectivity index (χ1) is 10.6. The van der Waals surface area contributed by atoms with Gasteiger partial charge in [0.15, 0.2) is 0 Å². The summed E-state index contributed by atoms with van der Waals surface area (Å²) < 4.78 is 12.6. The van der Waals surface area contributed by atoms with Crippen molar-refractivity contribution in [3.05, 3.63) is 52.0 Å². The summed E-state index contributed by atoms with van der Waals surface area (Å²) in [5, 5.41) is 9.63. The first kappa shape index (κ1) is 16.7. The molecule has 0 fully saturated rings. The van der Waals surface area contributed by atoms with Crippen LogP contribution in [0.25, 0.3) is 0 Å². The zero-order chi connectivity index (χ0) is 15.9. The Kier molecular flexibility index (Phi) is 6.13. The Morgan fingerprint density at radius 3 is 2.41 bits per heavy atom. The largest absolute Gasteiger partial charge is 0.508 e. The zero-order valence-electron chi connectivity index (χ0n) is 12.9. The van der Waals surface area contributed by atoms with Gasteiger partial charge in [-0.25, -0.2) is 0 Å². The maximum Gasteiger partial charge on any atom is 0.125 e. The fourth-order valence-electron chi connectivity index (χ4n) is 2.25. The van der Waals surface area contributed by atoms with Gasteiger partial charge in [0, 0.05) is 10.9 Å². The van der Waals surface area contributed by atoms with Gasteiger partial charge in [-0.15, -0.1) is 0 Å². The van der Waals surface area contributed by atoms with E-state index in [1.54, 1.807) is 12.1 Å². The number of halogens is 1. The van der Waals surface area contributed by atoms with E-state index < -0.39 is 0 Å². The van der Waals surface area contributed by atoms with Crippen LogP contribution in [-0.2, 0) is 6.42 Å². The third kappa shape index (κ3) is 4.67. The molecular weight excluding hydrogens is 344 g/mol. The van der Waals surface area contributed by atoms with Gasteiger partial charge in [0.05, 0.1) is 13.2 Å². The van der Waals surface area contributed by atoms with Crippen molar-refractivity contribution < 1.29 is 14.6 Å². The number of rotatable bonds is 7. The molecule has 0 unspecified atom stereocenters. The van der Waals surface area contributed by atoms with E-state index in [4.69, 9.17) is 9.47 Å². The molecule has 0 bridgehead atoms. The van der Waals surface area contributed by atoms with Crippen LogP contribution in [0.1, 0.15) is 24.5 Å². The highest BCUT2D eigenvalue weighted by atomic mass is 79.9. The summed E-state index contributed by atoms with van der Waals surface area (Å²) in [5.41, 5.74) is 2.00. The number of hydrogen-bond acceptors (Lipinski definition) is 3. The summed E-state index contributed by atoms with van der Waals surface area (Å²) in [6.45, 7) is 5.21. The van der Waals surface area contributed by atoms with Crippen LogP contribution in [0.2, 0.25) is 0 Å². The Labute approximate surface area is 140 Å². The normalized spacial score (nSPS) is 10.5. The summed E-state index contributed by atoms with van der Waals surface area (Å²) in [6.07, 6.45) is 1.64. The molecule has 22 heavy (non-hydrogen) atoms. The minimum atomic E-state index is 0.292. The number of ether oxygens (including phenoxy) is 2. The average molecular weight is 365 g/mol. The third-order valence-electron chi connectivity index (χ3n) is 3.33. The summed E-state index contributed by atoms with van der Waals surface area (Å²) in [7, 11) is 0. The Morgan fingerprint density at radius 1 is 1.05 bits per heavy atom. The van der Waals surface area contributed by atoms with Gasteiger partial charge < -0.3 is 14.6 Å². The van der Waals surface area contributed by atoms with E-state index >= 15 is 0 Å². The van der Waals surface area contributed by atoms with Crippen LogP contribution in [0.5, 0.6) is 17.2 Å². The lowest BCUT2D eigenvalue weighted by molar-refractivity contribution is 0.245. The molecular formula is C18H21BrO3. The number of phenolic OH excluding ortho intramolecular Hbond substituents is 1. The molecule has 2 aromatic rings. The Bertz CT molecular complexity index is 608. The van der Waals surface area contributed by atoms with Crippen molar-refractivity contribution in [2.75, 3.05) is 13.2 Å². The Balaban J connectivity index is 1.80. The third-order valence-corrected chi connectivity index (χ3v) is 3.86. The van der Waals surface area contributed by atoms with Gasteiger partial charge >= 0.3 is 0 Å². The van der Waals surface area contributed by atoms with E-state index in [1.807, 2.05) is 31.2 Å². The van der Waals surface area contributed by atoms with E-state index in [9.17, 15) is 5.11 Å².